The summed E-state index contributed by atoms with van der Waals surface area (Å²) in [5, 5.41) is 4.98. The molecule has 2 saturated heterocycles. The molecule has 3 heterocycles. The van der Waals surface area contributed by atoms with E-state index in [-0.39, 0.29) is 29.9 Å². The number of rotatable bonds is 3. The predicted octanol–water partition coefficient (Wildman–Crippen LogP) is 1.65. The molecule has 3 aliphatic rings. The van der Waals surface area contributed by atoms with E-state index in [1.54, 1.807) is 0 Å². The van der Waals surface area contributed by atoms with Gasteiger partial charge in [-0.05, 0) is 37.1 Å². The Morgan fingerprint density at radius 3 is 2.91 bits per heavy atom. The Balaban J connectivity index is 1.52. The van der Waals surface area contributed by atoms with Crippen LogP contribution in [0.15, 0.2) is 17.5 Å². The molecule has 1 saturated carbocycles. The monoisotopic (exact) mass is 320 g/mol. The number of likely N-dealkylation sites (tertiary alicyclic amines) is 1. The topological polar surface area (TPSA) is 58.6 Å². The number of ether oxygens (including phenoxy) is 1. The molecule has 3 fully saturated rings. The molecule has 0 spiro atoms. The van der Waals surface area contributed by atoms with E-state index in [9.17, 15) is 9.59 Å². The molecule has 3 atom stereocenters. The van der Waals surface area contributed by atoms with Crippen LogP contribution in [0.25, 0.3) is 0 Å². The molecule has 2 aliphatic heterocycles. The lowest BCUT2D eigenvalue weighted by Gasteiger charge is -2.40. The average molecular weight is 320 g/mol. The van der Waals surface area contributed by atoms with Crippen LogP contribution in [0.1, 0.15) is 35.4 Å². The Labute approximate surface area is 133 Å². The first-order valence-corrected chi connectivity index (χ1v) is 8.87. The van der Waals surface area contributed by atoms with Gasteiger partial charge in [0, 0.05) is 19.2 Å². The summed E-state index contributed by atoms with van der Waals surface area (Å²) >= 11 is 1.46. The van der Waals surface area contributed by atoms with Crippen molar-refractivity contribution in [3.8, 4) is 0 Å². The van der Waals surface area contributed by atoms with E-state index in [0.29, 0.717) is 19.2 Å². The van der Waals surface area contributed by atoms with Gasteiger partial charge < -0.3 is 15.0 Å². The zero-order valence-corrected chi connectivity index (χ0v) is 13.2. The molecular formula is C16H20N2O3S. The maximum absolute atomic E-state index is 12.8. The molecule has 1 N–H and O–H groups in total. The fourth-order valence-corrected chi connectivity index (χ4v) is 4.14. The summed E-state index contributed by atoms with van der Waals surface area (Å²) in [6, 6.07) is 4.23. The first-order valence-electron chi connectivity index (χ1n) is 7.99. The fraction of sp³-hybridized carbons (Fsp3) is 0.625. The minimum atomic E-state index is -0.149. The molecule has 1 aromatic heterocycles. The van der Waals surface area contributed by atoms with Gasteiger partial charge in [-0.25, -0.2) is 0 Å². The lowest BCUT2D eigenvalue weighted by atomic mass is 9.89. The Morgan fingerprint density at radius 1 is 1.32 bits per heavy atom. The zero-order chi connectivity index (χ0) is 15.1. The summed E-state index contributed by atoms with van der Waals surface area (Å²) in [5.41, 5.74) is 0. The third-order valence-electron chi connectivity index (χ3n) is 4.80. The van der Waals surface area contributed by atoms with Crippen LogP contribution in [-0.2, 0) is 9.53 Å². The van der Waals surface area contributed by atoms with Crippen LogP contribution < -0.4 is 5.32 Å². The lowest BCUT2D eigenvalue weighted by Crippen LogP contribution is -2.55. The number of hydrogen-bond donors (Lipinski definition) is 1. The molecule has 0 aromatic carbocycles. The van der Waals surface area contributed by atoms with E-state index < -0.39 is 0 Å². The molecule has 0 bridgehead atoms. The van der Waals surface area contributed by atoms with Crippen LogP contribution in [0.2, 0.25) is 0 Å². The van der Waals surface area contributed by atoms with Crippen LogP contribution in [0, 0.1) is 5.92 Å². The highest BCUT2D eigenvalue weighted by molar-refractivity contribution is 7.12. The van der Waals surface area contributed by atoms with Gasteiger partial charge in [0.2, 0.25) is 5.91 Å². The molecule has 0 radical (unpaired) electrons. The van der Waals surface area contributed by atoms with Crippen molar-refractivity contribution in [3.63, 3.8) is 0 Å². The number of thiophene rings is 1. The van der Waals surface area contributed by atoms with Gasteiger partial charge in [-0.1, -0.05) is 6.07 Å². The fourth-order valence-electron chi connectivity index (χ4n) is 3.46. The highest BCUT2D eigenvalue weighted by atomic mass is 32.1. The van der Waals surface area contributed by atoms with E-state index in [1.165, 1.54) is 11.3 Å². The van der Waals surface area contributed by atoms with Crippen LogP contribution in [0.4, 0.5) is 0 Å². The molecule has 22 heavy (non-hydrogen) atoms. The largest absolute Gasteiger partial charge is 0.376 e. The Bertz CT molecular complexity index is 570. The second kappa shape index (κ2) is 5.66. The number of fused-ring (bicyclic) bond motifs is 1. The lowest BCUT2D eigenvalue weighted by molar-refractivity contribution is -0.128. The van der Waals surface area contributed by atoms with E-state index in [1.807, 2.05) is 22.4 Å². The number of nitrogens with one attached hydrogen (secondary N) is 1. The first kappa shape index (κ1) is 14.2. The predicted molar refractivity (Wildman–Crippen MR) is 82.8 cm³/mol. The zero-order valence-electron chi connectivity index (χ0n) is 12.4. The second-order valence-electron chi connectivity index (χ2n) is 6.42. The van der Waals surface area contributed by atoms with Crippen LogP contribution in [0.3, 0.4) is 0 Å². The number of amides is 2. The Kier molecular flexibility index (Phi) is 3.66. The van der Waals surface area contributed by atoms with E-state index >= 15 is 0 Å². The number of nitrogens with zero attached hydrogens (tertiary/aromatic N) is 1. The van der Waals surface area contributed by atoms with Crippen molar-refractivity contribution in [2.24, 2.45) is 5.92 Å². The van der Waals surface area contributed by atoms with E-state index in [4.69, 9.17) is 4.74 Å². The van der Waals surface area contributed by atoms with Crippen molar-refractivity contribution < 1.29 is 14.3 Å². The molecule has 6 heteroatoms. The maximum Gasteiger partial charge on any atom is 0.264 e. The van der Waals surface area contributed by atoms with Gasteiger partial charge in [-0.3, -0.25) is 9.59 Å². The molecule has 1 aliphatic carbocycles. The van der Waals surface area contributed by atoms with Crippen LogP contribution in [-0.4, -0.2) is 48.1 Å². The Morgan fingerprint density at radius 2 is 2.18 bits per heavy atom. The number of hydrogen-bond acceptors (Lipinski definition) is 4. The third-order valence-corrected chi connectivity index (χ3v) is 5.65. The average Bonchev–Trinajstić information content (AvgIpc) is 3.03. The van der Waals surface area contributed by atoms with E-state index in [2.05, 4.69) is 5.32 Å². The molecule has 2 amide bonds. The molecule has 1 aromatic rings. The molecule has 118 valence electrons. The number of piperidine rings is 1. The van der Waals surface area contributed by atoms with Crippen molar-refractivity contribution in [3.05, 3.63) is 22.4 Å². The smallest absolute Gasteiger partial charge is 0.264 e. The summed E-state index contributed by atoms with van der Waals surface area (Å²) in [7, 11) is 0. The summed E-state index contributed by atoms with van der Waals surface area (Å²) in [5.74, 6) is -0.0243. The van der Waals surface area contributed by atoms with Crippen molar-refractivity contribution in [1.82, 2.24) is 10.2 Å². The summed E-state index contributed by atoms with van der Waals surface area (Å²) in [6.45, 7) is 1.19. The molecule has 0 unspecified atom stereocenters. The minimum absolute atomic E-state index is 0.00705. The summed E-state index contributed by atoms with van der Waals surface area (Å²) < 4.78 is 5.79. The molecule has 5 nitrogen and oxygen atoms in total. The van der Waals surface area contributed by atoms with Crippen molar-refractivity contribution >= 4 is 23.2 Å². The highest BCUT2D eigenvalue weighted by Crippen LogP contribution is 2.33. The minimum Gasteiger partial charge on any atom is -0.376 e. The third kappa shape index (κ3) is 2.65. The van der Waals surface area contributed by atoms with Gasteiger partial charge >= 0.3 is 0 Å². The number of carbonyl (C=O) groups is 2. The van der Waals surface area contributed by atoms with Gasteiger partial charge in [0.25, 0.3) is 5.91 Å². The van der Waals surface area contributed by atoms with Gasteiger partial charge in [0.1, 0.15) is 0 Å². The standard InChI is InChI=1S/C16H20N2O3S/c19-15(17-11-3-4-11)10-8-13-12(5-6-21-13)18(9-10)16(20)14-2-1-7-22-14/h1-2,7,10-13H,3-6,8-9H2,(H,17,19)/t10-,12+,13+/m1/s1. The highest BCUT2D eigenvalue weighted by Gasteiger charge is 2.45. The van der Waals surface area contributed by atoms with Gasteiger partial charge in [0.05, 0.1) is 22.9 Å². The normalized spacial score (nSPS) is 30.9. The number of carbonyl (C=O) groups excluding carboxylic acids is 2. The summed E-state index contributed by atoms with van der Waals surface area (Å²) in [4.78, 5) is 27.8. The van der Waals surface area contributed by atoms with Crippen molar-refractivity contribution in [2.75, 3.05) is 13.2 Å². The second-order valence-corrected chi connectivity index (χ2v) is 7.36. The SMILES string of the molecule is O=C(NC1CC1)[C@@H]1C[C@@H]2OCC[C@@H]2N(C(=O)c2cccs2)C1. The van der Waals surface area contributed by atoms with Crippen molar-refractivity contribution in [2.45, 2.75) is 43.9 Å². The first-order chi connectivity index (χ1) is 10.7. The van der Waals surface area contributed by atoms with E-state index in [0.717, 1.165) is 30.6 Å². The summed E-state index contributed by atoms with van der Waals surface area (Å²) in [6.07, 6.45) is 3.78. The van der Waals surface area contributed by atoms with Crippen LogP contribution >= 0.6 is 11.3 Å². The Hall–Kier alpha value is -1.40. The van der Waals surface area contributed by atoms with Crippen LogP contribution in [0.5, 0.6) is 0 Å². The maximum atomic E-state index is 12.8. The quantitative estimate of drug-likeness (QED) is 0.921. The van der Waals surface area contributed by atoms with Gasteiger partial charge in [-0.2, -0.15) is 0 Å². The van der Waals surface area contributed by atoms with Gasteiger partial charge in [-0.15, -0.1) is 11.3 Å². The molecular weight excluding hydrogens is 300 g/mol. The molecule has 4 rings (SSSR count). The van der Waals surface area contributed by atoms with Crippen molar-refractivity contribution in [1.29, 1.82) is 0 Å². The van der Waals surface area contributed by atoms with Gasteiger partial charge in [0.15, 0.2) is 0 Å².